The van der Waals surface area contributed by atoms with Gasteiger partial charge in [-0.3, -0.25) is 4.79 Å². The first kappa shape index (κ1) is 17.0. The second-order valence-corrected chi connectivity index (χ2v) is 6.56. The van der Waals surface area contributed by atoms with Crippen LogP contribution in [0.25, 0.3) is 11.0 Å². The highest BCUT2D eigenvalue weighted by Gasteiger charge is 2.33. The number of rotatable bonds is 1. The molecule has 2 atom stereocenters. The Bertz CT molecular complexity index is 833. The summed E-state index contributed by atoms with van der Waals surface area (Å²) in [5.41, 5.74) is 0.891. The molecule has 1 aromatic carbocycles. The molecule has 2 unspecified atom stereocenters. The van der Waals surface area contributed by atoms with Crippen molar-refractivity contribution >= 4 is 29.3 Å². The molecular weight excluding hydrogens is 328 g/mol. The molecule has 24 heavy (non-hydrogen) atoms. The number of carbonyl (C=O) groups excluding carboxylic acids is 1. The summed E-state index contributed by atoms with van der Waals surface area (Å²) in [5.74, 6) is -0.198. The molecule has 0 radical (unpaired) electrons. The van der Waals surface area contributed by atoms with Crippen LogP contribution in [0.5, 0.6) is 0 Å². The van der Waals surface area contributed by atoms with Crippen molar-refractivity contribution in [3.8, 4) is 0 Å². The summed E-state index contributed by atoms with van der Waals surface area (Å²) in [5, 5.41) is 4.38. The van der Waals surface area contributed by atoms with Crippen LogP contribution in [0.15, 0.2) is 33.5 Å². The Balaban J connectivity index is 0.00000169. The third kappa shape index (κ3) is 2.82. The molecule has 128 valence electrons. The fourth-order valence-electron chi connectivity index (χ4n) is 3.84. The van der Waals surface area contributed by atoms with Crippen LogP contribution in [-0.2, 0) is 0 Å². The molecule has 2 aliphatic heterocycles. The summed E-state index contributed by atoms with van der Waals surface area (Å²) in [6.07, 6.45) is 3.23. The van der Waals surface area contributed by atoms with Gasteiger partial charge in [0.25, 0.3) is 5.91 Å². The number of halogens is 1. The van der Waals surface area contributed by atoms with Gasteiger partial charge >= 0.3 is 5.63 Å². The van der Waals surface area contributed by atoms with Gasteiger partial charge in [-0.15, -0.1) is 12.4 Å². The van der Waals surface area contributed by atoms with E-state index in [1.54, 1.807) is 6.07 Å². The molecule has 1 N–H and O–H groups in total. The SMILES string of the molecule is Cc1c(C(=O)N2CCC3CCC(C2)N3)c(=O)oc2ccccc12.Cl. The number of nitrogens with zero attached hydrogens (tertiary/aromatic N) is 1. The number of carbonyl (C=O) groups is 1. The van der Waals surface area contributed by atoms with Crippen LogP contribution >= 0.6 is 12.4 Å². The second-order valence-electron chi connectivity index (χ2n) is 6.56. The first-order valence-electron chi connectivity index (χ1n) is 8.21. The van der Waals surface area contributed by atoms with Crippen molar-refractivity contribution in [3.05, 3.63) is 45.8 Å². The predicted octanol–water partition coefficient (Wildman–Crippen LogP) is 2.49. The van der Waals surface area contributed by atoms with Crippen molar-refractivity contribution in [2.24, 2.45) is 0 Å². The van der Waals surface area contributed by atoms with Crippen LogP contribution in [0.2, 0.25) is 0 Å². The second kappa shape index (κ2) is 6.57. The van der Waals surface area contributed by atoms with Gasteiger partial charge in [-0.2, -0.15) is 0 Å². The quantitative estimate of drug-likeness (QED) is 0.804. The van der Waals surface area contributed by atoms with Gasteiger partial charge in [0.15, 0.2) is 0 Å². The fourth-order valence-corrected chi connectivity index (χ4v) is 3.84. The van der Waals surface area contributed by atoms with Crippen molar-refractivity contribution in [2.45, 2.75) is 38.3 Å². The van der Waals surface area contributed by atoms with E-state index >= 15 is 0 Å². The van der Waals surface area contributed by atoms with Crippen molar-refractivity contribution in [2.75, 3.05) is 13.1 Å². The lowest BCUT2D eigenvalue weighted by Gasteiger charge is -2.24. The molecule has 0 aliphatic carbocycles. The Hall–Kier alpha value is -1.85. The summed E-state index contributed by atoms with van der Waals surface area (Å²) in [4.78, 5) is 27.1. The molecule has 3 heterocycles. The number of hydrogen-bond donors (Lipinski definition) is 1. The summed E-state index contributed by atoms with van der Waals surface area (Å²) >= 11 is 0. The number of fused-ring (bicyclic) bond motifs is 3. The lowest BCUT2D eigenvalue weighted by atomic mass is 10.0. The standard InChI is InChI=1S/C18H20N2O3.ClH/c1-11-14-4-2-3-5-15(14)23-18(22)16(11)17(21)20-9-8-12-6-7-13(10-20)19-12;/h2-5,12-13,19H,6-10H2,1H3;1H. The van der Waals surface area contributed by atoms with Gasteiger partial charge in [0.1, 0.15) is 11.1 Å². The van der Waals surface area contributed by atoms with Gasteiger partial charge in [-0.25, -0.2) is 4.79 Å². The zero-order chi connectivity index (χ0) is 16.0. The van der Waals surface area contributed by atoms with Crippen molar-refractivity contribution in [1.82, 2.24) is 10.2 Å². The third-order valence-corrected chi connectivity index (χ3v) is 5.10. The molecule has 1 aromatic heterocycles. The molecule has 0 saturated carbocycles. The maximum atomic E-state index is 13.0. The largest absolute Gasteiger partial charge is 0.422 e. The minimum atomic E-state index is -0.534. The van der Waals surface area contributed by atoms with E-state index in [1.165, 1.54) is 6.42 Å². The van der Waals surface area contributed by atoms with Gasteiger partial charge in [-0.05, 0) is 37.8 Å². The Morgan fingerprint density at radius 3 is 2.79 bits per heavy atom. The number of aryl methyl sites for hydroxylation is 1. The number of para-hydroxylation sites is 1. The molecule has 0 spiro atoms. The Kier molecular flexibility index (Phi) is 4.65. The van der Waals surface area contributed by atoms with E-state index in [9.17, 15) is 9.59 Å². The maximum Gasteiger partial charge on any atom is 0.349 e. The number of amides is 1. The zero-order valence-electron chi connectivity index (χ0n) is 13.6. The monoisotopic (exact) mass is 348 g/mol. The van der Waals surface area contributed by atoms with Gasteiger partial charge in [0.05, 0.1) is 0 Å². The van der Waals surface area contributed by atoms with Crippen LogP contribution in [-0.4, -0.2) is 36.0 Å². The van der Waals surface area contributed by atoms with Gasteiger partial charge in [0, 0.05) is 30.6 Å². The van der Waals surface area contributed by atoms with Gasteiger partial charge < -0.3 is 14.6 Å². The lowest BCUT2D eigenvalue weighted by Crippen LogP contribution is -2.41. The van der Waals surface area contributed by atoms with E-state index in [4.69, 9.17) is 4.42 Å². The molecule has 1 amide bonds. The highest BCUT2D eigenvalue weighted by molar-refractivity contribution is 5.99. The van der Waals surface area contributed by atoms with Crippen molar-refractivity contribution in [1.29, 1.82) is 0 Å². The van der Waals surface area contributed by atoms with Crippen molar-refractivity contribution in [3.63, 3.8) is 0 Å². The fraction of sp³-hybridized carbons (Fsp3) is 0.444. The Labute approximate surface area is 146 Å². The van der Waals surface area contributed by atoms with Crippen LogP contribution in [0, 0.1) is 6.92 Å². The Morgan fingerprint density at radius 1 is 1.21 bits per heavy atom. The average molecular weight is 349 g/mol. The topological polar surface area (TPSA) is 62.6 Å². The number of nitrogens with one attached hydrogen (secondary N) is 1. The maximum absolute atomic E-state index is 13.0. The minimum Gasteiger partial charge on any atom is -0.422 e. The van der Waals surface area contributed by atoms with Crippen LogP contribution < -0.4 is 10.9 Å². The number of benzene rings is 1. The summed E-state index contributed by atoms with van der Waals surface area (Å²) < 4.78 is 5.36. The van der Waals surface area contributed by atoms with Crippen LogP contribution in [0.4, 0.5) is 0 Å². The molecule has 4 rings (SSSR count). The van der Waals surface area contributed by atoms with E-state index in [1.807, 2.05) is 30.0 Å². The molecule has 2 saturated heterocycles. The van der Waals surface area contributed by atoms with Gasteiger partial charge in [-0.1, -0.05) is 18.2 Å². The van der Waals surface area contributed by atoms with Crippen molar-refractivity contribution < 1.29 is 9.21 Å². The smallest absolute Gasteiger partial charge is 0.349 e. The predicted molar refractivity (Wildman–Crippen MR) is 94.9 cm³/mol. The lowest BCUT2D eigenvalue weighted by molar-refractivity contribution is 0.0743. The van der Waals surface area contributed by atoms with Gasteiger partial charge in [0.2, 0.25) is 0 Å². The zero-order valence-corrected chi connectivity index (χ0v) is 14.4. The van der Waals surface area contributed by atoms with Crippen LogP contribution in [0.1, 0.15) is 35.2 Å². The molecule has 2 fully saturated rings. The van der Waals surface area contributed by atoms with E-state index < -0.39 is 5.63 Å². The molecule has 5 nitrogen and oxygen atoms in total. The number of likely N-dealkylation sites (tertiary alicyclic amines) is 1. The van der Waals surface area contributed by atoms with E-state index in [0.29, 0.717) is 36.3 Å². The first-order valence-corrected chi connectivity index (χ1v) is 8.21. The highest BCUT2D eigenvalue weighted by atomic mass is 35.5. The molecule has 6 heteroatoms. The first-order chi connectivity index (χ1) is 11.1. The summed E-state index contributed by atoms with van der Waals surface area (Å²) in [6, 6.07) is 8.21. The van der Waals surface area contributed by atoms with E-state index in [-0.39, 0.29) is 23.9 Å². The Morgan fingerprint density at radius 2 is 1.96 bits per heavy atom. The molecule has 2 aliphatic rings. The average Bonchev–Trinajstić information content (AvgIpc) is 2.86. The third-order valence-electron chi connectivity index (χ3n) is 5.10. The number of hydrogen-bond acceptors (Lipinski definition) is 4. The molecule has 2 aromatic rings. The highest BCUT2D eigenvalue weighted by Crippen LogP contribution is 2.24. The minimum absolute atomic E-state index is 0. The normalized spacial score (nSPS) is 23.0. The van der Waals surface area contributed by atoms with E-state index in [0.717, 1.165) is 18.2 Å². The summed E-state index contributed by atoms with van der Waals surface area (Å²) in [6.45, 7) is 3.19. The molecule has 2 bridgehead atoms. The molecular formula is C18H21ClN2O3. The van der Waals surface area contributed by atoms with Crippen LogP contribution in [0.3, 0.4) is 0 Å². The van der Waals surface area contributed by atoms with E-state index in [2.05, 4.69) is 5.32 Å². The summed E-state index contributed by atoms with van der Waals surface area (Å²) in [7, 11) is 0.